The van der Waals surface area contributed by atoms with E-state index >= 15 is 0 Å². The van der Waals surface area contributed by atoms with E-state index in [2.05, 4.69) is 6.58 Å². The number of carboxylic acids is 1. The third-order valence-corrected chi connectivity index (χ3v) is 6.43. The van der Waals surface area contributed by atoms with Gasteiger partial charge in [-0.2, -0.15) is 0 Å². The van der Waals surface area contributed by atoms with E-state index in [-0.39, 0.29) is 17.7 Å². The van der Waals surface area contributed by atoms with Crippen LogP contribution in [0.2, 0.25) is 5.02 Å². The molecule has 1 fully saturated rings. The van der Waals surface area contributed by atoms with Gasteiger partial charge >= 0.3 is 5.97 Å². The first kappa shape index (κ1) is 24.0. The van der Waals surface area contributed by atoms with Crippen LogP contribution in [0.25, 0.3) is 0 Å². The number of rotatable bonds is 7. The highest BCUT2D eigenvalue weighted by atomic mass is 35.5. The molecular weight excluding hydrogens is 455 g/mol. The van der Waals surface area contributed by atoms with E-state index in [1.54, 1.807) is 18.2 Å². The third kappa shape index (κ3) is 5.32. The number of carboxylic acid groups (broad SMARTS) is 1. The maximum absolute atomic E-state index is 14.2. The van der Waals surface area contributed by atoms with Gasteiger partial charge in [0.1, 0.15) is 11.6 Å². The Hall–Kier alpha value is -3.15. The van der Waals surface area contributed by atoms with Gasteiger partial charge in [0.25, 0.3) is 0 Å². The summed E-state index contributed by atoms with van der Waals surface area (Å²) < 4.78 is 26.5. The topological polar surface area (TPSA) is 55.8 Å². The highest BCUT2D eigenvalue weighted by molar-refractivity contribution is 6.30. The average Bonchev–Trinajstić information content (AvgIpc) is 2.82. The van der Waals surface area contributed by atoms with Gasteiger partial charge in [-0.1, -0.05) is 66.2 Å². The summed E-state index contributed by atoms with van der Waals surface area (Å²) in [7, 11) is 0. The Balaban J connectivity index is 1.79. The molecule has 1 N–H and O–H groups in total. The fourth-order valence-corrected chi connectivity index (χ4v) is 4.85. The van der Waals surface area contributed by atoms with E-state index in [9.17, 15) is 9.18 Å². The first-order chi connectivity index (χ1) is 16.3. The molecule has 6 heteroatoms. The van der Waals surface area contributed by atoms with E-state index in [4.69, 9.17) is 26.2 Å². The lowest BCUT2D eigenvalue weighted by Crippen LogP contribution is -2.32. The molecule has 1 aliphatic heterocycles. The van der Waals surface area contributed by atoms with Crippen LogP contribution in [0.1, 0.15) is 48.2 Å². The minimum atomic E-state index is -1.06. The van der Waals surface area contributed by atoms with E-state index in [1.165, 1.54) is 12.1 Å². The quantitative estimate of drug-likeness (QED) is 0.366. The molecule has 1 aliphatic rings. The smallest absolute Gasteiger partial charge is 0.341 e. The molecule has 0 unspecified atom stereocenters. The van der Waals surface area contributed by atoms with Crippen LogP contribution in [-0.2, 0) is 9.53 Å². The third-order valence-electron chi connectivity index (χ3n) is 6.20. The monoisotopic (exact) mass is 480 g/mol. The maximum Gasteiger partial charge on any atom is 0.341 e. The molecule has 4 atom stereocenters. The van der Waals surface area contributed by atoms with Gasteiger partial charge in [0, 0.05) is 22.4 Å². The van der Waals surface area contributed by atoms with Gasteiger partial charge in [-0.05, 0) is 54.8 Å². The number of hydrogen-bond acceptors (Lipinski definition) is 3. The minimum absolute atomic E-state index is 0.0802. The van der Waals surface area contributed by atoms with Crippen LogP contribution >= 0.6 is 11.6 Å². The van der Waals surface area contributed by atoms with Crippen molar-refractivity contribution in [3.8, 4) is 5.75 Å². The van der Waals surface area contributed by atoms with Gasteiger partial charge in [0.2, 0.25) is 0 Å². The summed E-state index contributed by atoms with van der Waals surface area (Å²) in [4.78, 5) is 11.1. The standard InChI is InChI=1S/C28H26ClFO4/c1-17(2)23-15-24(18-7-5-9-20(29)13-18)27(19-8-6-10-21(30)14-19)34-28(23)22-11-3-4-12-25(22)33-16-26(31)32/h3-14,23-24,27-28H,1,15-16H2,2H3,(H,31,32)/t23-,24-,27+,28-/m1/s1. The second-order valence-electron chi connectivity index (χ2n) is 8.60. The average molecular weight is 481 g/mol. The van der Waals surface area contributed by atoms with Gasteiger partial charge in [-0.25, -0.2) is 9.18 Å². The Kier molecular flexibility index (Phi) is 7.35. The molecule has 0 spiro atoms. The summed E-state index contributed by atoms with van der Waals surface area (Å²) in [5.41, 5.74) is 3.39. The highest BCUT2D eigenvalue weighted by Gasteiger charge is 2.41. The highest BCUT2D eigenvalue weighted by Crippen LogP contribution is 2.53. The number of ether oxygens (including phenoxy) is 2. The first-order valence-corrected chi connectivity index (χ1v) is 11.5. The first-order valence-electron chi connectivity index (χ1n) is 11.1. The summed E-state index contributed by atoms with van der Waals surface area (Å²) in [5.74, 6) is -1.13. The largest absolute Gasteiger partial charge is 0.482 e. The summed E-state index contributed by atoms with van der Waals surface area (Å²) in [6, 6.07) is 21.3. The Morgan fingerprint density at radius 3 is 2.53 bits per heavy atom. The zero-order valence-corrected chi connectivity index (χ0v) is 19.5. The molecule has 0 aliphatic carbocycles. The zero-order valence-electron chi connectivity index (χ0n) is 18.8. The molecule has 3 aromatic carbocycles. The van der Waals surface area contributed by atoms with Crippen LogP contribution in [0.5, 0.6) is 5.75 Å². The lowest BCUT2D eigenvalue weighted by Gasteiger charge is -2.43. The van der Waals surface area contributed by atoms with Gasteiger partial charge in [0.05, 0.1) is 12.2 Å². The van der Waals surface area contributed by atoms with Crippen LogP contribution in [0.3, 0.4) is 0 Å². The summed E-state index contributed by atoms with van der Waals surface area (Å²) in [6.07, 6.45) is -0.220. The molecule has 0 amide bonds. The van der Waals surface area contributed by atoms with Crippen LogP contribution in [0.15, 0.2) is 84.9 Å². The number of para-hydroxylation sites is 1. The van der Waals surface area contributed by atoms with Crippen LogP contribution < -0.4 is 4.74 Å². The molecule has 0 radical (unpaired) electrons. The van der Waals surface area contributed by atoms with Crippen molar-refractivity contribution in [2.75, 3.05) is 6.61 Å². The second kappa shape index (κ2) is 10.4. The van der Waals surface area contributed by atoms with E-state index in [1.807, 2.05) is 49.4 Å². The number of halogens is 2. The molecule has 3 aromatic rings. The van der Waals surface area contributed by atoms with Crippen molar-refractivity contribution >= 4 is 17.6 Å². The molecule has 4 nitrogen and oxygen atoms in total. The van der Waals surface area contributed by atoms with Crippen LogP contribution in [0.4, 0.5) is 4.39 Å². The van der Waals surface area contributed by atoms with Crippen LogP contribution in [-0.4, -0.2) is 17.7 Å². The van der Waals surface area contributed by atoms with E-state index < -0.39 is 24.8 Å². The van der Waals surface area contributed by atoms with Gasteiger partial charge < -0.3 is 14.6 Å². The van der Waals surface area contributed by atoms with Gasteiger partial charge in [-0.15, -0.1) is 0 Å². The number of hydrogen-bond donors (Lipinski definition) is 1. The minimum Gasteiger partial charge on any atom is -0.482 e. The summed E-state index contributed by atoms with van der Waals surface area (Å²) in [5, 5.41) is 9.72. The molecule has 0 bridgehead atoms. The number of benzene rings is 3. The van der Waals surface area contributed by atoms with Crippen molar-refractivity contribution in [2.24, 2.45) is 5.92 Å². The SMILES string of the molecule is C=C(C)[C@H]1C[C@H](c2cccc(Cl)c2)[C@H](c2cccc(F)c2)O[C@@H]1c1ccccc1OCC(=O)O. The Bertz CT molecular complexity index is 1190. The maximum atomic E-state index is 14.2. The van der Waals surface area contributed by atoms with Gasteiger partial charge in [0.15, 0.2) is 6.61 Å². The molecular formula is C28H26ClFO4. The second-order valence-corrected chi connectivity index (χ2v) is 9.04. The van der Waals surface area contributed by atoms with Crippen LogP contribution in [0, 0.1) is 11.7 Å². The molecule has 4 rings (SSSR count). The van der Waals surface area contributed by atoms with Gasteiger partial charge in [-0.3, -0.25) is 0 Å². The fraction of sp³-hybridized carbons (Fsp3) is 0.250. The fourth-order valence-electron chi connectivity index (χ4n) is 4.65. The molecule has 34 heavy (non-hydrogen) atoms. The number of carbonyl (C=O) groups is 1. The summed E-state index contributed by atoms with van der Waals surface area (Å²) >= 11 is 6.30. The van der Waals surface area contributed by atoms with Crippen molar-refractivity contribution in [2.45, 2.75) is 31.5 Å². The lowest BCUT2D eigenvalue weighted by atomic mass is 9.74. The van der Waals surface area contributed by atoms with E-state index in [0.717, 1.165) is 22.3 Å². The Morgan fingerprint density at radius 1 is 1.09 bits per heavy atom. The molecule has 1 heterocycles. The van der Waals surface area contributed by atoms with E-state index in [0.29, 0.717) is 17.2 Å². The number of aliphatic carboxylic acids is 1. The predicted molar refractivity (Wildman–Crippen MR) is 130 cm³/mol. The Labute approximate surface area is 203 Å². The zero-order chi connectivity index (χ0) is 24.2. The molecule has 176 valence electrons. The van der Waals surface area contributed by atoms with Crippen molar-refractivity contribution in [3.63, 3.8) is 0 Å². The molecule has 1 saturated heterocycles. The van der Waals surface area contributed by atoms with Crippen molar-refractivity contribution in [1.29, 1.82) is 0 Å². The summed E-state index contributed by atoms with van der Waals surface area (Å²) in [6.45, 7) is 5.71. The normalized spacial score (nSPS) is 22.2. The van der Waals surface area contributed by atoms with Crippen molar-refractivity contribution < 1.29 is 23.8 Å². The lowest BCUT2D eigenvalue weighted by molar-refractivity contribution is -0.139. The molecule has 0 saturated carbocycles. The molecule has 0 aromatic heterocycles. The van der Waals surface area contributed by atoms with Crippen molar-refractivity contribution in [1.82, 2.24) is 0 Å². The van der Waals surface area contributed by atoms with Crippen molar-refractivity contribution in [3.05, 3.63) is 112 Å². The Morgan fingerprint density at radius 2 is 1.82 bits per heavy atom. The predicted octanol–water partition coefficient (Wildman–Crippen LogP) is 7.12.